The molecule has 0 aliphatic carbocycles. The van der Waals surface area contributed by atoms with Crippen LogP contribution in [0, 0.1) is 0 Å². The third kappa shape index (κ3) is 4.59. The summed E-state index contributed by atoms with van der Waals surface area (Å²) in [7, 11) is 0. The van der Waals surface area contributed by atoms with E-state index in [0.717, 1.165) is 31.6 Å². The first-order chi connectivity index (χ1) is 14.1. The van der Waals surface area contributed by atoms with E-state index in [-0.39, 0.29) is 18.0 Å². The number of ether oxygens (including phenoxy) is 2. The number of aromatic nitrogens is 3. The second-order valence-electron chi connectivity index (χ2n) is 7.81. The highest BCUT2D eigenvalue weighted by Crippen LogP contribution is 2.29. The maximum absolute atomic E-state index is 12.5. The van der Waals surface area contributed by atoms with Crippen LogP contribution in [-0.4, -0.2) is 41.0 Å². The quantitative estimate of drug-likeness (QED) is 0.800. The molecule has 8 nitrogen and oxygen atoms in total. The van der Waals surface area contributed by atoms with Crippen LogP contribution in [0.2, 0.25) is 0 Å². The molecule has 0 unspecified atom stereocenters. The van der Waals surface area contributed by atoms with E-state index in [9.17, 15) is 9.59 Å². The summed E-state index contributed by atoms with van der Waals surface area (Å²) in [5.41, 5.74) is 1.44. The molecule has 1 aromatic heterocycles. The van der Waals surface area contributed by atoms with Crippen LogP contribution >= 0.6 is 0 Å². The molecule has 0 amide bonds. The molecule has 0 bridgehead atoms. The summed E-state index contributed by atoms with van der Waals surface area (Å²) in [6.07, 6.45) is 3.36. The molecule has 2 N–H and O–H groups in total. The monoisotopic (exact) mass is 400 g/mol. The molecule has 0 spiro atoms. The van der Waals surface area contributed by atoms with Crippen LogP contribution in [0.15, 0.2) is 33.9 Å². The van der Waals surface area contributed by atoms with Crippen molar-refractivity contribution in [1.29, 1.82) is 0 Å². The van der Waals surface area contributed by atoms with Gasteiger partial charge in [-0.1, -0.05) is 24.3 Å². The van der Waals surface area contributed by atoms with Gasteiger partial charge in [0.15, 0.2) is 0 Å². The predicted molar refractivity (Wildman–Crippen MR) is 109 cm³/mol. The van der Waals surface area contributed by atoms with Crippen molar-refractivity contribution in [3.8, 4) is 0 Å². The Kier molecular flexibility index (Phi) is 6.10. The molecule has 29 heavy (non-hydrogen) atoms. The van der Waals surface area contributed by atoms with Crippen molar-refractivity contribution in [3.63, 3.8) is 0 Å². The highest BCUT2D eigenvalue weighted by molar-refractivity contribution is 5.34. The Hall–Kier alpha value is -2.45. The molecule has 1 atom stereocenters. The van der Waals surface area contributed by atoms with E-state index in [1.807, 2.05) is 13.0 Å². The summed E-state index contributed by atoms with van der Waals surface area (Å²) in [4.78, 5) is 31.8. The molecule has 156 valence electrons. The topological polar surface area (TPSA) is 98.2 Å². The lowest BCUT2D eigenvalue weighted by molar-refractivity contribution is 0.0670. The van der Waals surface area contributed by atoms with Crippen LogP contribution in [0.4, 0.5) is 5.95 Å². The van der Waals surface area contributed by atoms with Crippen molar-refractivity contribution in [2.45, 2.75) is 50.6 Å². The highest BCUT2D eigenvalue weighted by Gasteiger charge is 2.21. The molecular formula is C21H28N4O4. The lowest BCUT2D eigenvalue weighted by atomic mass is 9.90. The van der Waals surface area contributed by atoms with Gasteiger partial charge in [-0.3, -0.25) is 4.98 Å². The molecule has 1 aromatic carbocycles. The van der Waals surface area contributed by atoms with Gasteiger partial charge in [0.1, 0.15) is 0 Å². The number of rotatable bonds is 5. The Morgan fingerprint density at radius 1 is 1.10 bits per heavy atom. The van der Waals surface area contributed by atoms with Crippen molar-refractivity contribution in [2.24, 2.45) is 0 Å². The molecule has 0 radical (unpaired) electrons. The van der Waals surface area contributed by atoms with Crippen molar-refractivity contribution >= 4 is 5.95 Å². The summed E-state index contributed by atoms with van der Waals surface area (Å²) >= 11 is 0. The van der Waals surface area contributed by atoms with Gasteiger partial charge in [0.2, 0.25) is 5.95 Å². The van der Waals surface area contributed by atoms with E-state index in [0.29, 0.717) is 32.0 Å². The number of hydrogen-bond acceptors (Lipinski definition) is 6. The third-order valence-corrected chi connectivity index (χ3v) is 5.87. The first-order valence-corrected chi connectivity index (χ1v) is 10.4. The van der Waals surface area contributed by atoms with Crippen LogP contribution in [0.3, 0.4) is 0 Å². The fourth-order valence-electron chi connectivity index (χ4n) is 4.16. The average Bonchev–Trinajstić information content (AvgIpc) is 2.75. The fourth-order valence-corrected chi connectivity index (χ4v) is 4.16. The zero-order chi connectivity index (χ0) is 20.2. The minimum atomic E-state index is -0.522. The molecule has 2 aliphatic rings. The number of hydrogen-bond donors (Lipinski definition) is 2. The van der Waals surface area contributed by atoms with E-state index < -0.39 is 11.4 Å². The van der Waals surface area contributed by atoms with Crippen molar-refractivity contribution in [1.82, 2.24) is 14.5 Å². The van der Waals surface area contributed by atoms with Gasteiger partial charge in [-0.05, 0) is 49.7 Å². The minimum Gasteiger partial charge on any atom is -0.381 e. The van der Waals surface area contributed by atoms with E-state index in [2.05, 4.69) is 33.5 Å². The Balaban J connectivity index is 1.50. The zero-order valence-corrected chi connectivity index (χ0v) is 16.7. The normalized spacial score (nSPS) is 19.8. The highest BCUT2D eigenvalue weighted by atomic mass is 16.5. The first-order valence-electron chi connectivity index (χ1n) is 10.4. The number of anilines is 1. The molecule has 2 aliphatic heterocycles. The molecule has 8 heteroatoms. The first kappa shape index (κ1) is 19.8. The predicted octanol–water partition coefficient (Wildman–Crippen LogP) is 2.35. The standard InChI is InChI=1S/C21H28N4O4/c1-14(16-3-2-4-17(13-16)15-5-9-28-10-6-15)22-19-23-20(26)25(21(27)24-19)18-7-11-29-12-8-18/h2-4,13-15,18H,5-12H2,1H3,(H2,22,23,24,26,27)/t14-/m0/s1. The Morgan fingerprint density at radius 3 is 2.48 bits per heavy atom. The van der Waals surface area contributed by atoms with Gasteiger partial charge in [-0.15, -0.1) is 0 Å². The van der Waals surface area contributed by atoms with Crippen LogP contribution in [0.5, 0.6) is 0 Å². The third-order valence-electron chi connectivity index (χ3n) is 5.87. The smallest absolute Gasteiger partial charge is 0.355 e. The van der Waals surface area contributed by atoms with Crippen LogP contribution in [0.25, 0.3) is 0 Å². The fraction of sp³-hybridized carbons (Fsp3) is 0.571. The summed E-state index contributed by atoms with van der Waals surface area (Å²) in [5, 5.41) is 3.17. The Morgan fingerprint density at radius 2 is 1.79 bits per heavy atom. The molecule has 2 saturated heterocycles. The lowest BCUT2D eigenvalue weighted by Crippen LogP contribution is -2.42. The molecular weight excluding hydrogens is 372 g/mol. The summed E-state index contributed by atoms with van der Waals surface area (Å²) in [5.74, 6) is 0.713. The van der Waals surface area contributed by atoms with Gasteiger partial charge in [0, 0.05) is 32.5 Å². The molecule has 0 saturated carbocycles. The Bertz CT molecular complexity index is 911. The Labute approximate surface area is 169 Å². The number of H-pyrrole nitrogens is 1. The molecule has 3 heterocycles. The molecule has 4 rings (SSSR count). The van der Waals surface area contributed by atoms with Crippen molar-refractivity contribution < 1.29 is 9.47 Å². The second-order valence-corrected chi connectivity index (χ2v) is 7.81. The lowest BCUT2D eigenvalue weighted by Gasteiger charge is -2.24. The van der Waals surface area contributed by atoms with Gasteiger partial charge in [0.05, 0.1) is 6.04 Å². The zero-order valence-electron chi connectivity index (χ0n) is 16.7. The number of nitrogens with zero attached hydrogens (tertiary/aromatic N) is 2. The van der Waals surface area contributed by atoms with E-state index in [1.165, 1.54) is 10.1 Å². The maximum Gasteiger partial charge on any atom is 0.355 e. The van der Waals surface area contributed by atoms with Crippen LogP contribution in [0.1, 0.15) is 61.7 Å². The number of benzene rings is 1. The van der Waals surface area contributed by atoms with E-state index >= 15 is 0 Å². The van der Waals surface area contributed by atoms with Gasteiger partial charge in [-0.25, -0.2) is 14.2 Å². The molecule has 2 aromatic rings. The van der Waals surface area contributed by atoms with Gasteiger partial charge >= 0.3 is 11.4 Å². The minimum absolute atomic E-state index is 0.101. The van der Waals surface area contributed by atoms with E-state index in [1.54, 1.807) is 0 Å². The number of aromatic amines is 1. The maximum atomic E-state index is 12.5. The van der Waals surface area contributed by atoms with E-state index in [4.69, 9.17) is 9.47 Å². The number of nitrogens with one attached hydrogen (secondary N) is 2. The van der Waals surface area contributed by atoms with Gasteiger partial charge in [0.25, 0.3) is 0 Å². The van der Waals surface area contributed by atoms with Crippen LogP contribution < -0.4 is 16.7 Å². The van der Waals surface area contributed by atoms with Gasteiger partial charge < -0.3 is 14.8 Å². The van der Waals surface area contributed by atoms with Crippen molar-refractivity contribution in [2.75, 3.05) is 31.7 Å². The average molecular weight is 400 g/mol. The summed E-state index contributed by atoms with van der Waals surface area (Å²) in [6, 6.07) is 8.18. The SMILES string of the molecule is C[C@H](Nc1nc(=O)n(C2CCOCC2)c(=O)[nH]1)c1cccc(C2CCOCC2)c1. The largest absolute Gasteiger partial charge is 0.381 e. The summed E-state index contributed by atoms with van der Waals surface area (Å²) < 4.78 is 12.0. The van der Waals surface area contributed by atoms with Crippen molar-refractivity contribution in [3.05, 3.63) is 56.4 Å². The van der Waals surface area contributed by atoms with Crippen LogP contribution in [-0.2, 0) is 9.47 Å². The molecule has 2 fully saturated rings. The van der Waals surface area contributed by atoms with Gasteiger partial charge in [-0.2, -0.15) is 4.98 Å². The summed E-state index contributed by atoms with van der Waals surface area (Å²) in [6.45, 7) is 4.70. The second kappa shape index (κ2) is 8.92.